The van der Waals surface area contributed by atoms with E-state index in [0.29, 0.717) is 5.57 Å². The Morgan fingerprint density at radius 1 is 0.657 bits per heavy atom. The molecular formula is C32H35NO2. The Balaban J connectivity index is 0.000000186. The molecule has 1 aliphatic heterocycles. The number of benzene rings is 3. The SMILES string of the molecule is CCCCCCCCCc1ccccc1C1=CC(=O)NC1=O.c1ccc2c(c1)Cc1ccccc1-2. The molecule has 3 heteroatoms. The quantitative estimate of drug-likeness (QED) is 0.209. The minimum atomic E-state index is -0.314. The molecule has 1 heterocycles. The second-order valence-electron chi connectivity index (χ2n) is 9.40. The van der Waals surface area contributed by atoms with Crippen LogP contribution in [-0.4, -0.2) is 11.8 Å². The van der Waals surface area contributed by atoms with Gasteiger partial charge in [-0.2, -0.15) is 0 Å². The minimum absolute atomic E-state index is 0.281. The molecule has 0 radical (unpaired) electrons. The van der Waals surface area contributed by atoms with Gasteiger partial charge in [0.25, 0.3) is 11.8 Å². The van der Waals surface area contributed by atoms with Crippen molar-refractivity contribution in [1.29, 1.82) is 0 Å². The summed E-state index contributed by atoms with van der Waals surface area (Å²) in [5, 5.41) is 2.32. The lowest BCUT2D eigenvalue weighted by Crippen LogP contribution is -2.22. The summed E-state index contributed by atoms with van der Waals surface area (Å²) in [5.74, 6) is -0.595. The summed E-state index contributed by atoms with van der Waals surface area (Å²) in [6, 6.07) is 25.2. The fourth-order valence-electron chi connectivity index (χ4n) is 4.97. The number of unbranched alkanes of at least 4 members (excludes halogenated alkanes) is 6. The third-order valence-corrected chi connectivity index (χ3v) is 6.82. The van der Waals surface area contributed by atoms with Crippen LogP contribution in [0.2, 0.25) is 0 Å². The first kappa shape index (κ1) is 24.7. The van der Waals surface area contributed by atoms with E-state index in [2.05, 4.69) is 66.8 Å². The minimum Gasteiger partial charge on any atom is -0.289 e. The van der Waals surface area contributed by atoms with Gasteiger partial charge in [0.1, 0.15) is 0 Å². The van der Waals surface area contributed by atoms with Crippen molar-refractivity contribution in [2.24, 2.45) is 0 Å². The zero-order valence-electron chi connectivity index (χ0n) is 20.7. The third-order valence-electron chi connectivity index (χ3n) is 6.82. The summed E-state index contributed by atoms with van der Waals surface area (Å²) in [6.07, 6.45) is 12.4. The fraction of sp³-hybridized carbons (Fsp3) is 0.312. The normalized spacial score (nSPS) is 13.5. The van der Waals surface area contributed by atoms with E-state index >= 15 is 0 Å². The molecule has 0 fully saturated rings. The second-order valence-corrected chi connectivity index (χ2v) is 9.40. The lowest BCUT2D eigenvalue weighted by molar-refractivity contribution is -0.123. The number of carbonyl (C=O) groups excluding carboxylic acids is 2. The zero-order valence-corrected chi connectivity index (χ0v) is 20.7. The smallest absolute Gasteiger partial charge is 0.258 e. The van der Waals surface area contributed by atoms with Crippen LogP contribution in [0.1, 0.15) is 74.1 Å². The first-order chi connectivity index (χ1) is 17.2. The first-order valence-electron chi connectivity index (χ1n) is 13.0. The van der Waals surface area contributed by atoms with Gasteiger partial charge in [0.2, 0.25) is 0 Å². The average molecular weight is 466 g/mol. The van der Waals surface area contributed by atoms with E-state index < -0.39 is 0 Å². The summed E-state index contributed by atoms with van der Waals surface area (Å²) in [4.78, 5) is 23.1. The van der Waals surface area contributed by atoms with E-state index in [4.69, 9.17) is 0 Å². The van der Waals surface area contributed by atoms with Crippen LogP contribution in [0.5, 0.6) is 0 Å². The molecule has 5 rings (SSSR count). The lowest BCUT2D eigenvalue weighted by atomic mass is 9.95. The number of fused-ring (bicyclic) bond motifs is 3. The molecule has 3 nitrogen and oxygen atoms in total. The van der Waals surface area contributed by atoms with E-state index in [9.17, 15) is 9.59 Å². The number of hydrogen-bond donors (Lipinski definition) is 1. The molecule has 180 valence electrons. The molecule has 0 spiro atoms. The highest BCUT2D eigenvalue weighted by Gasteiger charge is 2.23. The summed E-state index contributed by atoms with van der Waals surface area (Å²) >= 11 is 0. The number of aryl methyl sites for hydroxylation is 1. The summed E-state index contributed by atoms with van der Waals surface area (Å²) in [5.41, 5.74) is 8.32. The average Bonchev–Trinajstić information content (AvgIpc) is 3.43. The predicted octanol–water partition coefficient (Wildman–Crippen LogP) is 7.28. The number of carbonyl (C=O) groups is 2. The highest BCUT2D eigenvalue weighted by Crippen LogP contribution is 2.35. The largest absolute Gasteiger partial charge is 0.289 e. The third kappa shape index (κ3) is 6.36. The number of imide groups is 1. The maximum atomic E-state index is 11.8. The monoisotopic (exact) mass is 465 g/mol. The molecule has 3 aromatic rings. The van der Waals surface area contributed by atoms with Crippen molar-refractivity contribution in [1.82, 2.24) is 5.32 Å². The molecule has 0 aromatic heterocycles. The number of amides is 2. The predicted molar refractivity (Wildman–Crippen MR) is 144 cm³/mol. The Morgan fingerprint density at radius 2 is 1.20 bits per heavy atom. The highest BCUT2D eigenvalue weighted by atomic mass is 16.2. The van der Waals surface area contributed by atoms with Gasteiger partial charge in [-0.05, 0) is 52.6 Å². The lowest BCUT2D eigenvalue weighted by Gasteiger charge is -2.09. The van der Waals surface area contributed by atoms with Crippen molar-refractivity contribution in [2.75, 3.05) is 0 Å². The Hall–Kier alpha value is -3.46. The van der Waals surface area contributed by atoms with Crippen LogP contribution in [-0.2, 0) is 22.4 Å². The van der Waals surface area contributed by atoms with Crippen LogP contribution in [0.15, 0.2) is 78.9 Å². The van der Waals surface area contributed by atoms with Crippen LogP contribution in [0.25, 0.3) is 16.7 Å². The number of hydrogen-bond acceptors (Lipinski definition) is 2. The molecule has 0 saturated heterocycles. The molecule has 2 amide bonds. The second kappa shape index (κ2) is 12.3. The Bertz CT molecular complexity index is 1160. The van der Waals surface area contributed by atoms with Gasteiger partial charge in [-0.1, -0.05) is 118 Å². The van der Waals surface area contributed by atoms with Crippen LogP contribution in [0.4, 0.5) is 0 Å². The van der Waals surface area contributed by atoms with Crippen LogP contribution >= 0.6 is 0 Å². The van der Waals surface area contributed by atoms with E-state index in [1.807, 2.05) is 18.2 Å². The molecule has 0 bridgehead atoms. The molecule has 0 saturated carbocycles. The topological polar surface area (TPSA) is 46.2 Å². The molecule has 1 aliphatic carbocycles. The van der Waals surface area contributed by atoms with Crippen molar-refractivity contribution in [3.05, 3.63) is 101 Å². The number of nitrogens with one attached hydrogen (secondary N) is 1. The van der Waals surface area contributed by atoms with Crippen LogP contribution in [0.3, 0.4) is 0 Å². The van der Waals surface area contributed by atoms with Gasteiger partial charge in [0.15, 0.2) is 0 Å². The van der Waals surface area contributed by atoms with Gasteiger partial charge in [0, 0.05) is 6.08 Å². The van der Waals surface area contributed by atoms with Gasteiger partial charge in [0.05, 0.1) is 5.57 Å². The van der Waals surface area contributed by atoms with Crippen molar-refractivity contribution in [3.63, 3.8) is 0 Å². The van der Waals surface area contributed by atoms with Crippen molar-refractivity contribution in [3.8, 4) is 11.1 Å². The van der Waals surface area contributed by atoms with E-state index in [1.165, 1.54) is 66.9 Å². The molecule has 2 aliphatic rings. The molecule has 0 unspecified atom stereocenters. The molecule has 3 aromatic carbocycles. The van der Waals surface area contributed by atoms with Gasteiger partial charge >= 0.3 is 0 Å². The maximum absolute atomic E-state index is 11.8. The Kier molecular flexibility index (Phi) is 8.67. The Morgan fingerprint density at radius 3 is 1.80 bits per heavy atom. The van der Waals surface area contributed by atoms with Crippen molar-refractivity contribution >= 4 is 17.4 Å². The highest BCUT2D eigenvalue weighted by molar-refractivity contribution is 6.33. The van der Waals surface area contributed by atoms with Crippen molar-refractivity contribution < 1.29 is 9.59 Å². The number of rotatable bonds is 9. The zero-order chi connectivity index (χ0) is 24.5. The van der Waals surface area contributed by atoms with E-state index in [1.54, 1.807) is 0 Å². The summed E-state index contributed by atoms with van der Waals surface area (Å²) < 4.78 is 0. The van der Waals surface area contributed by atoms with E-state index in [-0.39, 0.29) is 11.8 Å². The maximum Gasteiger partial charge on any atom is 0.258 e. The summed E-state index contributed by atoms with van der Waals surface area (Å²) in [7, 11) is 0. The van der Waals surface area contributed by atoms with Gasteiger partial charge < -0.3 is 0 Å². The van der Waals surface area contributed by atoms with E-state index in [0.717, 1.165) is 30.4 Å². The van der Waals surface area contributed by atoms with Crippen LogP contribution < -0.4 is 5.32 Å². The van der Waals surface area contributed by atoms with Crippen LogP contribution in [0, 0.1) is 0 Å². The van der Waals surface area contributed by atoms with Gasteiger partial charge in [-0.15, -0.1) is 0 Å². The summed E-state index contributed by atoms with van der Waals surface area (Å²) in [6.45, 7) is 2.23. The molecular weight excluding hydrogens is 430 g/mol. The molecule has 0 atom stereocenters. The van der Waals surface area contributed by atoms with Gasteiger partial charge in [-0.25, -0.2) is 0 Å². The molecule has 1 N–H and O–H groups in total. The fourth-order valence-corrected chi connectivity index (χ4v) is 4.97. The molecule has 35 heavy (non-hydrogen) atoms. The standard InChI is InChI=1S/C19H25NO2.C13H10/c1-2-3-4-5-6-7-8-11-15-12-9-10-13-16(15)17-14-18(21)20-19(17)22;1-3-7-12-10(5-1)9-11-6-2-4-8-13(11)12/h9-10,12-14H,2-8,11H2,1H3,(H,20,21,22);1-8H,9H2. The Labute approximate surface area is 209 Å². The van der Waals surface area contributed by atoms with Gasteiger partial charge in [-0.3, -0.25) is 14.9 Å². The first-order valence-corrected chi connectivity index (χ1v) is 13.0. The van der Waals surface area contributed by atoms with Crippen molar-refractivity contribution in [2.45, 2.75) is 64.7 Å².